The molecule has 0 radical (unpaired) electrons. The van der Waals surface area contributed by atoms with Crippen molar-refractivity contribution in [3.8, 4) is 16.9 Å². The van der Waals surface area contributed by atoms with E-state index in [4.69, 9.17) is 28.9 Å². The fraction of sp³-hybridized carbons (Fsp3) is 0.434. The van der Waals surface area contributed by atoms with Crippen LogP contribution in [-0.2, 0) is 30.4 Å². The van der Waals surface area contributed by atoms with Crippen molar-refractivity contribution in [1.29, 1.82) is 0 Å². The van der Waals surface area contributed by atoms with Crippen LogP contribution in [0.2, 0.25) is 0 Å². The molecule has 0 aliphatic carbocycles. The summed E-state index contributed by atoms with van der Waals surface area (Å²) in [5.41, 5.74) is 9.28. The van der Waals surface area contributed by atoms with Crippen molar-refractivity contribution in [2.75, 3.05) is 41.0 Å². The van der Waals surface area contributed by atoms with Gasteiger partial charge < -0.3 is 44.4 Å². The number of carbonyl (C=O) groups is 4. The van der Waals surface area contributed by atoms with E-state index in [0.29, 0.717) is 44.1 Å². The number of rotatable bonds is 11. The van der Waals surface area contributed by atoms with Crippen molar-refractivity contribution in [2.45, 2.75) is 84.5 Å². The fourth-order valence-electron chi connectivity index (χ4n) is 10.6. The number of allylic oxidation sites excluding steroid dienone is 2. The second-order valence-electron chi connectivity index (χ2n) is 19.0. The standard InChI is InChI=1S/C53H61N7O8/c1-8-32-15-18-40(54-46(32)42-21-31(27-65-5)26-60(42)51(62)47(58-53(64)67-7)33-12-10-9-11-13-33)35-14-17-37-36(22-35)28-68-44-24-38-34(23-39(37)44)16-19-41-48(38)56-49(55-41)43-20-30(4)25-59(43)50(61)45(29(2)3)57-52(63)66-6/h9-14,16-17,19,22-24,29-32,43,45,47H,8,15,18,20-21,25-28H2,1-7H3,(H,55,56)(H,57,63)(H,58,64)/b46-42-. The van der Waals surface area contributed by atoms with Crippen molar-refractivity contribution in [3.63, 3.8) is 0 Å². The molecule has 4 aliphatic rings. The third-order valence-corrected chi connectivity index (χ3v) is 14.1. The summed E-state index contributed by atoms with van der Waals surface area (Å²) in [6, 6.07) is 22.2. The van der Waals surface area contributed by atoms with E-state index in [1.165, 1.54) is 14.2 Å². The summed E-state index contributed by atoms with van der Waals surface area (Å²) in [6.07, 6.45) is 2.61. The number of aromatic amines is 1. The molecule has 0 spiro atoms. The molecule has 4 aromatic carbocycles. The first-order valence-corrected chi connectivity index (χ1v) is 23.8. The molecule has 5 heterocycles. The Hall–Kier alpha value is -6.74. The third kappa shape index (κ3) is 8.91. The number of alkyl carbamates (subject to hydrolysis) is 2. The molecular weight excluding hydrogens is 863 g/mol. The van der Waals surface area contributed by atoms with Gasteiger partial charge in [0.2, 0.25) is 5.91 Å². The van der Waals surface area contributed by atoms with E-state index in [1.807, 2.05) is 60.0 Å². The van der Waals surface area contributed by atoms with E-state index in [2.05, 4.69) is 65.9 Å². The second-order valence-corrected chi connectivity index (χ2v) is 19.0. The Morgan fingerprint density at radius 2 is 1.69 bits per heavy atom. The molecule has 0 saturated carbocycles. The molecule has 4 amide bonds. The van der Waals surface area contributed by atoms with Crippen molar-refractivity contribution < 1.29 is 38.1 Å². The Morgan fingerprint density at radius 1 is 0.912 bits per heavy atom. The molecule has 68 heavy (non-hydrogen) atoms. The largest absolute Gasteiger partial charge is 0.488 e. The number of aromatic nitrogens is 2. The molecular formula is C53H61N7O8. The number of hydrogen-bond acceptors (Lipinski definition) is 10. The number of carbonyl (C=O) groups excluding carboxylic acids is 4. The first kappa shape index (κ1) is 46.4. The van der Waals surface area contributed by atoms with Crippen LogP contribution in [0.4, 0.5) is 9.59 Å². The average molecular weight is 924 g/mol. The molecule has 0 bridgehead atoms. The lowest BCUT2D eigenvalue weighted by Gasteiger charge is -2.30. The van der Waals surface area contributed by atoms with Gasteiger partial charge in [0.05, 0.1) is 43.6 Å². The lowest BCUT2D eigenvalue weighted by atomic mass is 9.86. The maximum atomic E-state index is 14.6. The van der Waals surface area contributed by atoms with Crippen molar-refractivity contribution in [3.05, 3.63) is 107 Å². The molecule has 15 nitrogen and oxygen atoms in total. The highest BCUT2D eigenvalue weighted by molar-refractivity contribution is 6.07. The van der Waals surface area contributed by atoms with Gasteiger partial charge in [-0.15, -0.1) is 0 Å². The topological polar surface area (TPSA) is 177 Å². The number of aliphatic imine (C=N–C) groups is 1. The number of likely N-dealkylation sites (tertiary alicyclic amines) is 2. The minimum absolute atomic E-state index is 0.0697. The normalized spacial score (nSPS) is 22.0. The van der Waals surface area contributed by atoms with Crippen LogP contribution < -0.4 is 15.4 Å². The fourth-order valence-corrected chi connectivity index (χ4v) is 10.6. The van der Waals surface area contributed by atoms with Gasteiger partial charge in [-0.2, -0.15) is 0 Å². The minimum atomic E-state index is -0.943. The number of nitrogens with zero attached hydrogens (tertiary/aromatic N) is 4. The van der Waals surface area contributed by atoms with Gasteiger partial charge in [0.15, 0.2) is 0 Å². The van der Waals surface area contributed by atoms with Crippen LogP contribution in [0, 0.1) is 23.7 Å². The lowest BCUT2D eigenvalue weighted by molar-refractivity contribution is -0.135. The summed E-state index contributed by atoms with van der Waals surface area (Å²) in [7, 11) is 4.27. The van der Waals surface area contributed by atoms with Gasteiger partial charge in [-0.1, -0.05) is 76.2 Å². The summed E-state index contributed by atoms with van der Waals surface area (Å²) in [5, 5.41) is 7.50. The first-order chi connectivity index (χ1) is 32.9. The summed E-state index contributed by atoms with van der Waals surface area (Å²) in [5.74, 6) is 1.43. The van der Waals surface area contributed by atoms with Crippen LogP contribution in [-0.4, -0.2) is 96.5 Å². The molecule has 6 unspecified atom stereocenters. The van der Waals surface area contributed by atoms with Gasteiger partial charge in [0.1, 0.15) is 30.3 Å². The lowest BCUT2D eigenvalue weighted by Crippen LogP contribution is -2.51. The van der Waals surface area contributed by atoms with Crippen LogP contribution in [0.5, 0.6) is 5.75 Å². The summed E-state index contributed by atoms with van der Waals surface area (Å²) < 4.78 is 21.9. The van der Waals surface area contributed by atoms with Gasteiger partial charge in [-0.05, 0) is 95.8 Å². The number of amides is 4. The van der Waals surface area contributed by atoms with E-state index in [-0.39, 0.29) is 41.5 Å². The zero-order valence-electron chi connectivity index (χ0n) is 39.9. The first-order valence-electron chi connectivity index (χ1n) is 23.8. The Labute approximate surface area is 396 Å². The minimum Gasteiger partial charge on any atom is -0.488 e. The number of benzene rings is 4. The number of imidazole rings is 1. The average Bonchev–Trinajstić information content (AvgIpc) is 4.10. The predicted octanol–water partition coefficient (Wildman–Crippen LogP) is 8.98. The SMILES string of the molecule is CCC1CCC(c2ccc3c(c2)COc2cc4c(ccc5[nH]c(C6CC(C)CN6C(=O)C(NC(=O)OC)C(C)C)nc54)cc2-3)=N/C1=C1/CC(COC)CN1C(=O)C(NC(=O)OC)c1ccccc1. The Balaban J connectivity index is 1.02. The predicted molar refractivity (Wildman–Crippen MR) is 259 cm³/mol. The Kier molecular flexibility index (Phi) is 13.3. The highest BCUT2D eigenvalue weighted by Gasteiger charge is 2.42. The molecule has 15 heteroatoms. The van der Waals surface area contributed by atoms with Gasteiger partial charge in [-0.3, -0.25) is 14.6 Å². The molecule has 9 rings (SSSR count). The zero-order chi connectivity index (χ0) is 47.8. The third-order valence-electron chi connectivity index (χ3n) is 14.1. The Morgan fingerprint density at radius 3 is 2.43 bits per heavy atom. The van der Waals surface area contributed by atoms with Gasteiger partial charge in [0.25, 0.3) is 5.91 Å². The van der Waals surface area contributed by atoms with Crippen molar-refractivity contribution in [1.82, 2.24) is 30.4 Å². The molecule has 3 N–H and O–H groups in total. The number of hydrogen-bond donors (Lipinski definition) is 3. The van der Waals surface area contributed by atoms with E-state index < -0.39 is 24.3 Å². The number of fused-ring (bicyclic) bond motifs is 6. The number of methoxy groups -OCH3 is 3. The van der Waals surface area contributed by atoms with Gasteiger partial charge in [-0.25, -0.2) is 14.6 Å². The van der Waals surface area contributed by atoms with Gasteiger partial charge >= 0.3 is 12.2 Å². The Bertz CT molecular complexity index is 2820. The maximum absolute atomic E-state index is 14.6. The molecule has 2 saturated heterocycles. The smallest absolute Gasteiger partial charge is 0.407 e. The van der Waals surface area contributed by atoms with Crippen LogP contribution in [0.25, 0.3) is 32.9 Å². The summed E-state index contributed by atoms with van der Waals surface area (Å²) in [6.45, 7) is 10.00. The van der Waals surface area contributed by atoms with Crippen LogP contribution in [0.15, 0.2) is 89.2 Å². The molecule has 6 atom stereocenters. The van der Waals surface area contributed by atoms with Crippen LogP contribution in [0.1, 0.15) is 94.4 Å². The van der Waals surface area contributed by atoms with E-state index in [9.17, 15) is 19.2 Å². The molecule has 2 fully saturated rings. The number of H-pyrrole nitrogens is 1. The quantitative estimate of drug-likeness (QED) is 0.117. The molecule has 356 valence electrons. The molecule has 5 aromatic rings. The van der Waals surface area contributed by atoms with Crippen molar-refractivity contribution in [2.24, 2.45) is 28.7 Å². The summed E-state index contributed by atoms with van der Waals surface area (Å²) in [4.78, 5) is 71.1. The summed E-state index contributed by atoms with van der Waals surface area (Å²) >= 11 is 0. The van der Waals surface area contributed by atoms with E-state index >= 15 is 0 Å². The highest BCUT2D eigenvalue weighted by atomic mass is 16.5. The van der Waals surface area contributed by atoms with Crippen LogP contribution >= 0.6 is 0 Å². The van der Waals surface area contributed by atoms with Crippen molar-refractivity contribution >= 4 is 51.5 Å². The zero-order valence-corrected chi connectivity index (χ0v) is 39.9. The maximum Gasteiger partial charge on any atom is 0.407 e. The monoisotopic (exact) mass is 923 g/mol. The highest BCUT2D eigenvalue weighted by Crippen LogP contribution is 2.44. The molecule has 1 aromatic heterocycles. The molecule has 4 aliphatic heterocycles. The van der Waals surface area contributed by atoms with Crippen LogP contribution in [0.3, 0.4) is 0 Å². The number of ether oxygens (including phenoxy) is 4. The van der Waals surface area contributed by atoms with Gasteiger partial charge in [0, 0.05) is 54.4 Å². The van der Waals surface area contributed by atoms with E-state index in [1.54, 1.807) is 7.11 Å². The second kappa shape index (κ2) is 19.5. The van der Waals surface area contributed by atoms with E-state index in [0.717, 1.165) is 92.6 Å². The number of nitrogens with one attached hydrogen (secondary N) is 3.